The van der Waals surface area contributed by atoms with Gasteiger partial charge in [0.25, 0.3) is 0 Å². The Balaban J connectivity index is 2.23. The minimum atomic E-state index is -0.301. The summed E-state index contributed by atoms with van der Waals surface area (Å²) in [7, 11) is 0. The predicted molar refractivity (Wildman–Crippen MR) is 76.4 cm³/mol. The van der Waals surface area contributed by atoms with Gasteiger partial charge in [0.15, 0.2) is 0 Å². The van der Waals surface area contributed by atoms with E-state index in [2.05, 4.69) is 16.9 Å². The number of carbonyl (C=O) groups excluding carboxylic acids is 1. The highest BCUT2D eigenvalue weighted by Crippen LogP contribution is 2.29. The number of nitrogens with one attached hydrogen (secondary N) is 2. The van der Waals surface area contributed by atoms with Crippen molar-refractivity contribution in [3.8, 4) is 5.75 Å². The van der Waals surface area contributed by atoms with Crippen LogP contribution in [0.25, 0.3) is 10.9 Å². The normalized spacial score (nSPS) is 10.6. The van der Waals surface area contributed by atoms with E-state index in [1.165, 1.54) is 6.92 Å². The molecule has 0 amide bonds. The van der Waals surface area contributed by atoms with E-state index in [1.807, 2.05) is 30.5 Å². The molecule has 0 bridgehead atoms. The molecule has 2 aromatic rings. The molecule has 19 heavy (non-hydrogen) atoms. The zero-order chi connectivity index (χ0) is 13.7. The van der Waals surface area contributed by atoms with Crippen molar-refractivity contribution in [1.29, 1.82) is 0 Å². The first-order valence-electron chi connectivity index (χ1n) is 6.31. The van der Waals surface area contributed by atoms with Gasteiger partial charge in [-0.25, -0.2) is 0 Å². The Hall–Kier alpha value is -2.07. The molecule has 4 nitrogen and oxygen atoms in total. The number of aromatic amines is 1. The molecule has 0 aliphatic carbocycles. The van der Waals surface area contributed by atoms with Crippen LogP contribution in [0.5, 0.6) is 5.75 Å². The van der Waals surface area contributed by atoms with Crippen molar-refractivity contribution in [3.05, 3.63) is 42.6 Å². The first-order chi connectivity index (χ1) is 9.22. The predicted octanol–water partition coefficient (Wildman–Crippen LogP) is 2.41. The Kier molecular flexibility index (Phi) is 4.36. The maximum atomic E-state index is 11.1. The third-order valence-corrected chi connectivity index (χ3v) is 2.86. The lowest BCUT2D eigenvalue weighted by atomic mass is 10.1. The molecule has 0 radical (unpaired) electrons. The summed E-state index contributed by atoms with van der Waals surface area (Å²) in [5.74, 6) is 0.314. The summed E-state index contributed by atoms with van der Waals surface area (Å²) in [6.07, 6.45) is 4.67. The third-order valence-electron chi connectivity index (χ3n) is 2.86. The first-order valence-corrected chi connectivity index (χ1v) is 6.31. The molecule has 100 valence electrons. The number of aromatic nitrogens is 1. The molecular formula is C15H18N2O2. The summed E-state index contributed by atoms with van der Waals surface area (Å²) in [6.45, 7) is 6.72. The topological polar surface area (TPSA) is 54.1 Å². The van der Waals surface area contributed by atoms with Crippen LogP contribution in [-0.2, 0) is 11.2 Å². The SMILES string of the molecule is C=CCNCCc1c[nH]c2cccc(OC(C)=O)c12. The molecule has 4 heteroatoms. The quantitative estimate of drug-likeness (QED) is 0.362. The summed E-state index contributed by atoms with van der Waals surface area (Å²) < 4.78 is 5.26. The van der Waals surface area contributed by atoms with Crippen molar-refractivity contribution < 1.29 is 9.53 Å². The van der Waals surface area contributed by atoms with Crippen molar-refractivity contribution in [2.45, 2.75) is 13.3 Å². The number of esters is 1. The van der Waals surface area contributed by atoms with Gasteiger partial charge in [0.05, 0.1) is 0 Å². The largest absolute Gasteiger partial charge is 0.426 e. The van der Waals surface area contributed by atoms with E-state index in [1.54, 1.807) is 0 Å². The van der Waals surface area contributed by atoms with Gasteiger partial charge >= 0.3 is 5.97 Å². The number of benzene rings is 1. The summed E-state index contributed by atoms with van der Waals surface area (Å²) >= 11 is 0. The van der Waals surface area contributed by atoms with Crippen LogP contribution in [0.3, 0.4) is 0 Å². The second-order valence-corrected chi connectivity index (χ2v) is 4.33. The fourth-order valence-electron chi connectivity index (χ4n) is 2.08. The highest BCUT2D eigenvalue weighted by Gasteiger charge is 2.10. The number of carbonyl (C=O) groups is 1. The van der Waals surface area contributed by atoms with Gasteiger partial charge in [-0.2, -0.15) is 0 Å². The van der Waals surface area contributed by atoms with Crippen molar-refractivity contribution in [3.63, 3.8) is 0 Å². The van der Waals surface area contributed by atoms with Crippen molar-refractivity contribution in [2.75, 3.05) is 13.1 Å². The van der Waals surface area contributed by atoms with Gasteiger partial charge < -0.3 is 15.0 Å². The van der Waals surface area contributed by atoms with Crippen LogP contribution >= 0.6 is 0 Å². The number of H-pyrrole nitrogens is 1. The van der Waals surface area contributed by atoms with Gasteiger partial charge in [-0.1, -0.05) is 12.1 Å². The zero-order valence-corrected chi connectivity index (χ0v) is 11.0. The van der Waals surface area contributed by atoms with Gasteiger partial charge in [0, 0.05) is 30.6 Å². The second-order valence-electron chi connectivity index (χ2n) is 4.33. The van der Waals surface area contributed by atoms with Gasteiger partial charge in [-0.05, 0) is 30.7 Å². The van der Waals surface area contributed by atoms with Crippen LogP contribution in [0.4, 0.5) is 0 Å². The Bertz CT molecular complexity index is 587. The third kappa shape index (κ3) is 3.23. The average molecular weight is 258 g/mol. The lowest BCUT2D eigenvalue weighted by molar-refractivity contribution is -0.131. The number of ether oxygens (including phenoxy) is 1. The molecule has 0 spiro atoms. The fraction of sp³-hybridized carbons (Fsp3) is 0.267. The van der Waals surface area contributed by atoms with Gasteiger partial charge in [-0.3, -0.25) is 4.79 Å². The standard InChI is InChI=1S/C15H18N2O2/c1-3-8-16-9-7-12-10-17-13-5-4-6-14(15(12)13)19-11(2)18/h3-6,10,16-17H,1,7-9H2,2H3. The average Bonchev–Trinajstić information content (AvgIpc) is 2.78. The molecule has 0 fully saturated rings. The van der Waals surface area contributed by atoms with E-state index in [0.29, 0.717) is 5.75 Å². The Labute approximate surface area is 112 Å². The first kappa shape index (κ1) is 13.4. The van der Waals surface area contributed by atoms with Crippen LogP contribution in [0.2, 0.25) is 0 Å². The fourth-order valence-corrected chi connectivity index (χ4v) is 2.08. The van der Waals surface area contributed by atoms with E-state index in [0.717, 1.165) is 36.0 Å². The van der Waals surface area contributed by atoms with Crippen LogP contribution in [-0.4, -0.2) is 24.0 Å². The van der Waals surface area contributed by atoms with Crippen molar-refractivity contribution >= 4 is 16.9 Å². The van der Waals surface area contributed by atoms with Crippen LogP contribution in [0.1, 0.15) is 12.5 Å². The number of fused-ring (bicyclic) bond motifs is 1. The lowest BCUT2D eigenvalue weighted by Gasteiger charge is -2.06. The highest BCUT2D eigenvalue weighted by molar-refractivity contribution is 5.91. The molecule has 1 aromatic heterocycles. The summed E-state index contributed by atoms with van der Waals surface area (Å²) in [5.41, 5.74) is 2.13. The minimum Gasteiger partial charge on any atom is -0.426 e. The minimum absolute atomic E-state index is 0.301. The second kappa shape index (κ2) is 6.20. The van der Waals surface area contributed by atoms with Crippen LogP contribution in [0.15, 0.2) is 37.1 Å². The highest BCUT2D eigenvalue weighted by atomic mass is 16.5. The monoisotopic (exact) mass is 258 g/mol. The molecule has 0 atom stereocenters. The molecule has 0 saturated carbocycles. The smallest absolute Gasteiger partial charge is 0.308 e. The lowest BCUT2D eigenvalue weighted by Crippen LogP contribution is -2.16. The molecule has 1 heterocycles. The zero-order valence-electron chi connectivity index (χ0n) is 11.0. The molecule has 0 saturated heterocycles. The number of hydrogen-bond donors (Lipinski definition) is 2. The van der Waals surface area contributed by atoms with Gasteiger partial charge in [0.1, 0.15) is 5.75 Å². The number of hydrogen-bond acceptors (Lipinski definition) is 3. The van der Waals surface area contributed by atoms with Gasteiger partial charge in [-0.15, -0.1) is 6.58 Å². The summed E-state index contributed by atoms with van der Waals surface area (Å²) in [6, 6.07) is 5.66. The maximum Gasteiger partial charge on any atom is 0.308 e. The number of rotatable bonds is 6. The summed E-state index contributed by atoms with van der Waals surface area (Å²) in [4.78, 5) is 14.3. The Morgan fingerprint density at radius 3 is 3.11 bits per heavy atom. The molecule has 0 unspecified atom stereocenters. The maximum absolute atomic E-state index is 11.1. The van der Waals surface area contributed by atoms with E-state index in [4.69, 9.17) is 4.74 Å². The molecule has 2 N–H and O–H groups in total. The molecule has 1 aromatic carbocycles. The molecule has 0 aliphatic heterocycles. The molecule has 2 rings (SSSR count). The van der Waals surface area contributed by atoms with E-state index >= 15 is 0 Å². The van der Waals surface area contributed by atoms with Crippen LogP contribution in [0, 0.1) is 0 Å². The summed E-state index contributed by atoms with van der Waals surface area (Å²) in [5, 5.41) is 4.24. The molecular weight excluding hydrogens is 240 g/mol. The Morgan fingerprint density at radius 1 is 1.53 bits per heavy atom. The Morgan fingerprint density at radius 2 is 2.37 bits per heavy atom. The molecule has 0 aliphatic rings. The van der Waals surface area contributed by atoms with Crippen molar-refractivity contribution in [1.82, 2.24) is 10.3 Å². The van der Waals surface area contributed by atoms with E-state index < -0.39 is 0 Å². The van der Waals surface area contributed by atoms with Crippen molar-refractivity contribution in [2.24, 2.45) is 0 Å². The van der Waals surface area contributed by atoms with Crippen LogP contribution < -0.4 is 10.1 Å². The van der Waals surface area contributed by atoms with E-state index in [-0.39, 0.29) is 5.97 Å². The van der Waals surface area contributed by atoms with Gasteiger partial charge in [0.2, 0.25) is 0 Å². The van der Waals surface area contributed by atoms with E-state index in [9.17, 15) is 4.79 Å².